The maximum Gasteiger partial charge on any atom is 0.0530 e. The molecule has 17 heavy (non-hydrogen) atoms. The van der Waals surface area contributed by atoms with Crippen molar-refractivity contribution >= 4 is 0 Å². The third-order valence-electron chi connectivity index (χ3n) is 4.57. The van der Waals surface area contributed by atoms with Crippen molar-refractivity contribution in [2.45, 2.75) is 45.1 Å². The molecule has 0 spiro atoms. The van der Waals surface area contributed by atoms with Gasteiger partial charge in [-0.15, -0.1) is 0 Å². The van der Waals surface area contributed by atoms with Crippen molar-refractivity contribution in [2.24, 2.45) is 11.3 Å². The van der Waals surface area contributed by atoms with Crippen molar-refractivity contribution in [1.29, 1.82) is 0 Å². The predicted molar refractivity (Wildman–Crippen MR) is 69.2 cm³/mol. The van der Waals surface area contributed by atoms with Crippen LogP contribution in [0.3, 0.4) is 0 Å². The van der Waals surface area contributed by atoms with Gasteiger partial charge in [0.25, 0.3) is 0 Å². The average Bonchev–Trinajstić information content (AvgIpc) is 2.33. The number of hydrogen-bond acceptors (Lipinski definition) is 3. The van der Waals surface area contributed by atoms with Gasteiger partial charge < -0.3 is 14.8 Å². The van der Waals surface area contributed by atoms with Crippen molar-refractivity contribution in [3.63, 3.8) is 0 Å². The third kappa shape index (κ3) is 3.43. The van der Waals surface area contributed by atoms with Gasteiger partial charge in [-0.05, 0) is 38.5 Å². The molecule has 0 radical (unpaired) electrons. The van der Waals surface area contributed by atoms with E-state index < -0.39 is 0 Å². The zero-order chi connectivity index (χ0) is 12.1. The van der Waals surface area contributed by atoms with E-state index in [-0.39, 0.29) is 0 Å². The second-order valence-corrected chi connectivity index (χ2v) is 5.93. The monoisotopic (exact) mass is 241 g/mol. The van der Waals surface area contributed by atoms with Crippen LogP contribution < -0.4 is 5.32 Å². The summed E-state index contributed by atoms with van der Waals surface area (Å²) in [5.41, 5.74) is 0.429. The standard InChI is InChI=1S/C14H27NO2/c1-12(13-5-3-8-17-9-13)15-10-14(11-16-2)6-4-7-14/h12-13,15H,3-11H2,1-2H3. The molecular weight excluding hydrogens is 214 g/mol. The summed E-state index contributed by atoms with van der Waals surface area (Å²) in [7, 11) is 1.82. The van der Waals surface area contributed by atoms with E-state index in [2.05, 4.69) is 12.2 Å². The van der Waals surface area contributed by atoms with Crippen LogP contribution >= 0.6 is 0 Å². The van der Waals surface area contributed by atoms with E-state index >= 15 is 0 Å². The maximum atomic E-state index is 5.56. The second kappa shape index (κ2) is 6.17. The third-order valence-corrected chi connectivity index (χ3v) is 4.57. The molecule has 1 aliphatic carbocycles. The van der Waals surface area contributed by atoms with E-state index in [1.807, 2.05) is 7.11 Å². The molecule has 2 unspecified atom stereocenters. The Labute approximate surface area is 105 Å². The van der Waals surface area contributed by atoms with Crippen LogP contribution in [-0.4, -0.2) is 39.5 Å². The number of methoxy groups -OCH3 is 1. The lowest BCUT2D eigenvalue weighted by Gasteiger charge is -2.43. The van der Waals surface area contributed by atoms with Crippen LogP contribution in [0.4, 0.5) is 0 Å². The fourth-order valence-electron chi connectivity index (χ4n) is 3.06. The molecule has 3 nitrogen and oxygen atoms in total. The zero-order valence-electron chi connectivity index (χ0n) is 11.3. The van der Waals surface area contributed by atoms with E-state index in [1.54, 1.807) is 0 Å². The van der Waals surface area contributed by atoms with Crippen molar-refractivity contribution < 1.29 is 9.47 Å². The molecule has 1 aliphatic heterocycles. The molecule has 1 saturated carbocycles. The lowest BCUT2D eigenvalue weighted by atomic mass is 9.69. The number of rotatable bonds is 6. The van der Waals surface area contributed by atoms with Gasteiger partial charge in [-0.1, -0.05) is 6.42 Å². The molecule has 100 valence electrons. The molecule has 2 fully saturated rings. The molecule has 0 amide bonds. The van der Waals surface area contributed by atoms with Crippen LogP contribution in [0.1, 0.15) is 39.0 Å². The Morgan fingerprint density at radius 3 is 2.76 bits per heavy atom. The van der Waals surface area contributed by atoms with E-state index in [0.29, 0.717) is 17.4 Å². The summed E-state index contributed by atoms with van der Waals surface area (Å²) in [6, 6.07) is 0.574. The first-order chi connectivity index (χ1) is 8.26. The van der Waals surface area contributed by atoms with E-state index in [4.69, 9.17) is 9.47 Å². The molecule has 3 heteroatoms. The fraction of sp³-hybridized carbons (Fsp3) is 1.00. The highest BCUT2D eigenvalue weighted by Gasteiger charge is 2.37. The minimum Gasteiger partial charge on any atom is -0.384 e. The van der Waals surface area contributed by atoms with Gasteiger partial charge in [0, 0.05) is 31.7 Å². The van der Waals surface area contributed by atoms with E-state index in [0.717, 1.165) is 26.4 Å². The average molecular weight is 241 g/mol. The van der Waals surface area contributed by atoms with Gasteiger partial charge in [-0.3, -0.25) is 0 Å². The number of hydrogen-bond donors (Lipinski definition) is 1. The Balaban J connectivity index is 1.72. The van der Waals surface area contributed by atoms with Crippen molar-refractivity contribution in [2.75, 3.05) is 33.5 Å². The van der Waals surface area contributed by atoms with E-state index in [9.17, 15) is 0 Å². The van der Waals surface area contributed by atoms with Crippen LogP contribution in [0.15, 0.2) is 0 Å². The molecule has 2 rings (SSSR count). The van der Waals surface area contributed by atoms with Crippen LogP contribution in [0.5, 0.6) is 0 Å². The number of ether oxygens (including phenoxy) is 2. The Morgan fingerprint density at radius 1 is 1.41 bits per heavy atom. The zero-order valence-corrected chi connectivity index (χ0v) is 11.3. The molecule has 1 saturated heterocycles. The molecule has 1 heterocycles. The number of nitrogens with one attached hydrogen (secondary N) is 1. The Morgan fingerprint density at radius 2 is 2.24 bits per heavy atom. The first kappa shape index (κ1) is 13.3. The minimum atomic E-state index is 0.429. The van der Waals surface area contributed by atoms with Gasteiger partial charge >= 0.3 is 0 Å². The largest absolute Gasteiger partial charge is 0.384 e. The first-order valence-corrected chi connectivity index (χ1v) is 7.06. The molecule has 0 aromatic carbocycles. The molecule has 0 aromatic rings. The maximum absolute atomic E-state index is 5.56. The first-order valence-electron chi connectivity index (χ1n) is 7.06. The molecular formula is C14H27NO2. The summed E-state index contributed by atoms with van der Waals surface area (Å²) in [5.74, 6) is 0.698. The smallest absolute Gasteiger partial charge is 0.0530 e. The highest BCUT2D eigenvalue weighted by molar-refractivity contribution is 4.90. The molecule has 1 N–H and O–H groups in total. The van der Waals surface area contributed by atoms with Gasteiger partial charge in [0.2, 0.25) is 0 Å². The summed E-state index contributed by atoms with van der Waals surface area (Å²) in [4.78, 5) is 0. The van der Waals surface area contributed by atoms with Crippen molar-refractivity contribution in [1.82, 2.24) is 5.32 Å². The van der Waals surface area contributed by atoms with Crippen LogP contribution in [0.2, 0.25) is 0 Å². The van der Waals surface area contributed by atoms with Crippen molar-refractivity contribution in [3.05, 3.63) is 0 Å². The Bertz CT molecular complexity index is 222. The summed E-state index contributed by atoms with van der Waals surface area (Å²) in [6.07, 6.45) is 6.54. The lowest BCUT2D eigenvalue weighted by Crippen LogP contribution is -2.48. The summed E-state index contributed by atoms with van der Waals surface area (Å²) >= 11 is 0. The van der Waals surface area contributed by atoms with Gasteiger partial charge in [0.05, 0.1) is 13.2 Å². The normalized spacial score (nSPS) is 29.6. The fourth-order valence-corrected chi connectivity index (χ4v) is 3.06. The van der Waals surface area contributed by atoms with E-state index in [1.165, 1.54) is 32.1 Å². The Hall–Kier alpha value is -0.120. The lowest BCUT2D eigenvalue weighted by molar-refractivity contribution is 0.00673. The molecule has 0 aromatic heterocycles. The topological polar surface area (TPSA) is 30.5 Å². The predicted octanol–water partition coefficient (Wildman–Crippen LogP) is 2.21. The van der Waals surface area contributed by atoms with Gasteiger partial charge in [-0.25, -0.2) is 0 Å². The van der Waals surface area contributed by atoms with Crippen LogP contribution in [0, 0.1) is 11.3 Å². The SMILES string of the molecule is COCC1(CNC(C)C2CCCOC2)CCC1. The van der Waals surface area contributed by atoms with Gasteiger partial charge in [0.15, 0.2) is 0 Å². The summed E-state index contributed by atoms with van der Waals surface area (Å²) in [5, 5.41) is 3.72. The minimum absolute atomic E-state index is 0.429. The summed E-state index contributed by atoms with van der Waals surface area (Å²) < 4.78 is 10.9. The second-order valence-electron chi connectivity index (χ2n) is 5.93. The molecule has 2 aliphatic rings. The highest BCUT2D eigenvalue weighted by Crippen LogP contribution is 2.40. The molecule has 2 atom stereocenters. The van der Waals surface area contributed by atoms with Gasteiger partial charge in [0.1, 0.15) is 0 Å². The molecule has 0 bridgehead atoms. The summed E-state index contributed by atoms with van der Waals surface area (Å²) in [6.45, 7) is 6.22. The van der Waals surface area contributed by atoms with Crippen molar-refractivity contribution in [3.8, 4) is 0 Å². The quantitative estimate of drug-likeness (QED) is 0.773. The van der Waals surface area contributed by atoms with Gasteiger partial charge in [-0.2, -0.15) is 0 Å². The van der Waals surface area contributed by atoms with Crippen LogP contribution in [-0.2, 0) is 9.47 Å². The van der Waals surface area contributed by atoms with Crippen LogP contribution in [0.25, 0.3) is 0 Å². The Kier molecular flexibility index (Phi) is 4.83. The highest BCUT2D eigenvalue weighted by atomic mass is 16.5.